The predicted molar refractivity (Wildman–Crippen MR) is 115 cm³/mol. The van der Waals surface area contributed by atoms with E-state index in [1.54, 1.807) is 36.1 Å². The average Bonchev–Trinajstić information content (AvgIpc) is 2.99. The number of aliphatic imine (C=N–C) groups is 1. The summed E-state index contributed by atoms with van der Waals surface area (Å²) in [5, 5.41) is 0.635. The van der Waals surface area contributed by atoms with Crippen LogP contribution in [-0.4, -0.2) is 29.4 Å². The average molecular weight is 394 g/mol. The first-order valence-electron chi connectivity index (χ1n) is 9.15. The maximum absolute atomic E-state index is 13.1. The van der Waals surface area contributed by atoms with E-state index in [2.05, 4.69) is 4.99 Å². The minimum atomic E-state index is -0.376. The normalized spacial score (nSPS) is 15.1. The van der Waals surface area contributed by atoms with Gasteiger partial charge in [0.05, 0.1) is 17.9 Å². The van der Waals surface area contributed by atoms with E-state index >= 15 is 0 Å². The van der Waals surface area contributed by atoms with Crippen LogP contribution >= 0.6 is 11.8 Å². The Kier molecular flexibility index (Phi) is 6.31. The van der Waals surface area contributed by atoms with Gasteiger partial charge in [0.1, 0.15) is 5.70 Å². The lowest BCUT2D eigenvalue weighted by Gasteiger charge is -2.17. The van der Waals surface area contributed by atoms with Crippen molar-refractivity contribution in [2.24, 2.45) is 4.99 Å². The molecular weight excluding hydrogens is 372 g/mol. The first-order valence-corrected chi connectivity index (χ1v) is 10.1. The van der Waals surface area contributed by atoms with E-state index in [0.29, 0.717) is 28.7 Å². The Morgan fingerprint density at radius 1 is 1.14 bits per heavy atom. The number of hydrogen-bond donors (Lipinski definition) is 0. The number of aryl methyl sites for hydroxylation is 1. The molecule has 1 aliphatic rings. The predicted octanol–water partition coefficient (Wildman–Crippen LogP) is 4.67. The third-order valence-corrected chi connectivity index (χ3v) is 5.04. The second kappa shape index (κ2) is 8.89. The van der Waals surface area contributed by atoms with Gasteiger partial charge in [0.2, 0.25) is 0 Å². The molecule has 1 aliphatic heterocycles. The van der Waals surface area contributed by atoms with E-state index in [0.717, 1.165) is 16.9 Å². The minimum absolute atomic E-state index is 0.178. The van der Waals surface area contributed by atoms with Crippen molar-refractivity contribution in [2.75, 3.05) is 17.3 Å². The summed E-state index contributed by atoms with van der Waals surface area (Å²) < 4.78 is 5.01. The summed E-state index contributed by atoms with van der Waals surface area (Å²) in [7, 11) is 0. The lowest BCUT2D eigenvalue weighted by atomic mass is 10.1. The molecule has 6 heteroatoms. The Bertz CT molecular complexity index is 949. The van der Waals surface area contributed by atoms with Crippen molar-refractivity contribution in [1.29, 1.82) is 0 Å². The molecule has 0 bridgehead atoms. The van der Waals surface area contributed by atoms with Crippen LogP contribution in [0.2, 0.25) is 0 Å². The third-order valence-electron chi connectivity index (χ3n) is 4.22. The Morgan fingerprint density at radius 3 is 2.50 bits per heavy atom. The highest BCUT2D eigenvalue weighted by Crippen LogP contribution is 2.30. The maximum atomic E-state index is 13.1. The van der Waals surface area contributed by atoms with Crippen LogP contribution in [0.5, 0.6) is 0 Å². The van der Waals surface area contributed by atoms with Crippen LogP contribution in [0.4, 0.5) is 5.69 Å². The van der Waals surface area contributed by atoms with Crippen molar-refractivity contribution in [3.05, 3.63) is 70.9 Å². The van der Waals surface area contributed by atoms with E-state index in [9.17, 15) is 9.59 Å². The second-order valence-electron chi connectivity index (χ2n) is 6.12. The topological polar surface area (TPSA) is 59.0 Å². The number of carbonyl (C=O) groups excluding carboxylic acids is 2. The van der Waals surface area contributed by atoms with Crippen LogP contribution in [0.3, 0.4) is 0 Å². The molecule has 0 fully saturated rings. The van der Waals surface area contributed by atoms with Gasteiger partial charge in [-0.3, -0.25) is 9.69 Å². The van der Waals surface area contributed by atoms with Gasteiger partial charge in [-0.2, -0.15) is 0 Å². The number of amides is 1. The number of hydrogen-bond acceptors (Lipinski definition) is 5. The highest BCUT2D eigenvalue weighted by atomic mass is 32.2. The van der Waals surface area contributed by atoms with E-state index in [1.807, 2.05) is 44.2 Å². The number of rotatable bonds is 5. The summed E-state index contributed by atoms with van der Waals surface area (Å²) in [5.74, 6) is 0.239. The van der Waals surface area contributed by atoms with Gasteiger partial charge in [-0.25, -0.2) is 9.79 Å². The molecule has 2 aromatic rings. The zero-order valence-electron chi connectivity index (χ0n) is 16.1. The molecule has 28 heavy (non-hydrogen) atoms. The van der Waals surface area contributed by atoms with Crippen molar-refractivity contribution in [3.63, 3.8) is 0 Å². The largest absolute Gasteiger partial charge is 0.462 e. The summed E-state index contributed by atoms with van der Waals surface area (Å²) in [5.41, 5.74) is 3.58. The van der Waals surface area contributed by atoms with Crippen LogP contribution in [0.15, 0.2) is 59.2 Å². The standard InChI is InChI=1S/C22H22N2O3S/c1-4-27-21(26)16-10-12-18(13-11-16)24-20(25)19(23-22(24)28-5-2)14-17-9-7-6-8-15(17)3/h6-14H,4-5H2,1-3H3/b19-14-. The zero-order chi connectivity index (χ0) is 20.1. The number of nitrogens with zero attached hydrogens (tertiary/aromatic N) is 2. The van der Waals surface area contributed by atoms with Crippen molar-refractivity contribution in [3.8, 4) is 0 Å². The molecule has 1 heterocycles. The van der Waals surface area contributed by atoms with Crippen LogP contribution in [0.1, 0.15) is 35.3 Å². The van der Waals surface area contributed by atoms with Gasteiger partial charge in [0, 0.05) is 0 Å². The molecule has 0 saturated heterocycles. The molecule has 0 N–H and O–H groups in total. The van der Waals surface area contributed by atoms with Crippen molar-refractivity contribution in [2.45, 2.75) is 20.8 Å². The fourth-order valence-corrected chi connectivity index (χ4v) is 3.55. The van der Waals surface area contributed by atoms with Gasteiger partial charge >= 0.3 is 5.97 Å². The Labute approximate surface area is 169 Å². The monoisotopic (exact) mass is 394 g/mol. The van der Waals surface area contributed by atoms with Crippen molar-refractivity contribution >= 4 is 40.6 Å². The van der Waals surface area contributed by atoms with Crippen molar-refractivity contribution in [1.82, 2.24) is 0 Å². The van der Waals surface area contributed by atoms with Gasteiger partial charge in [0.25, 0.3) is 5.91 Å². The van der Waals surface area contributed by atoms with Crippen molar-refractivity contribution < 1.29 is 14.3 Å². The highest BCUT2D eigenvalue weighted by molar-refractivity contribution is 8.14. The summed E-state index contributed by atoms with van der Waals surface area (Å²) >= 11 is 1.51. The van der Waals surface area contributed by atoms with Gasteiger partial charge in [-0.15, -0.1) is 0 Å². The zero-order valence-corrected chi connectivity index (χ0v) is 17.0. The molecule has 5 nitrogen and oxygen atoms in total. The molecule has 0 unspecified atom stereocenters. The summed E-state index contributed by atoms with van der Waals surface area (Å²) in [4.78, 5) is 31.1. The Balaban J connectivity index is 1.93. The fraction of sp³-hybridized carbons (Fsp3) is 0.227. The lowest BCUT2D eigenvalue weighted by Crippen LogP contribution is -2.30. The van der Waals surface area contributed by atoms with Crippen LogP contribution < -0.4 is 4.90 Å². The second-order valence-corrected chi connectivity index (χ2v) is 7.35. The van der Waals surface area contributed by atoms with E-state index in [-0.39, 0.29) is 11.9 Å². The quantitative estimate of drug-likeness (QED) is 0.546. The summed E-state index contributed by atoms with van der Waals surface area (Å²) in [6.45, 7) is 6.11. The number of benzene rings is 2. The van der Waals surface area contributed by atoms with E-state index < -0.39 is 0 Å². The molecule has 0 aliphatic carbocycles. The number of thioether (sulfide) groups is 1. The van der Waals surface area contributed by atoms with Gasteiger partial charge in [0.15, 0.2) is 5.17 Å². The van der Waals surface area contributed by atoms with Crippen LogP contribution in [-0.2, 0) is 9.53 Å². The number of carbonyl (C=O) groups is 2. The highest BCUT2D eigenvalue weighted by Gasteiger charge is 2.31. The molecule has 1 amide bonds. The van der Waals surface area contributed by atoms with Crippen LogP contribution in [0, 0.1) is 6.92 Å². The molecule has 0 aromatic heterocycles. The van der Waals surface area contributed by atoms with Gasteiger partial charge < -0.3 is 4.74 Å². The first kappa shape index (κ1) is 19.9. The molecule has 2 aromatic carbocycles. The first-order chi connectivity index (χ1) is 13.5. The van der Waals surface area contributed by atoms with Crippen LogP contribution in [0.25, 0.3) is 6.08 Å². The van der Waals surface area contributed by atoms with Gasteiger partial charge in [-0.1, -0.05) is 43.0 Å². The number of esters is 1. The molecule has 0 radical (unpaired) electrons. The minimum Gasteiger partial charge on any atom is -0.462 e. The van der Waals surface area contributed by atoms with E-state index in [4.69, 9.17) is 4.74 Å². The fourth-order valence-electron chi connectivity index (χ4n) is 2.81. The SMILES string of the molecule is CCOC(=O)c1ccc(N2C(=O)/C(=C/c3ccccc3C)N=C2SCC)cc1. The maximum Gasteiger partial charge on any atom is 0.338 e. The number of amidine groups is 1. The Hall–Kier alpha value is -2.86. The summed E-state index contributed by atoms with van der Waals surface area (Å²) in [6.07, 6.45) is 1.82. The molecule has 0 spiro atoms. The lowest BCUT2D eigenvalue weighted by molar-refractivity contribution is -0.113. The summed E-state index contributed by atoms with van der Waals surface area (Å²) in [6, 6.07) is 14.7. The molecule has 3 rings (SSSR count). The number of anilines is 1. The van der Waals surface area contributed by atoms with Gasteiger partial charge in [-0.05, 0) is 61.1 Å². The number of ether oxygens (including phenoxy) is 1. The Morgan fingerprint density at radius 2 is 1.86 bits per heavy atom. The smallest absolute Gasteiger partial charge is 0.338 e. The third kappa shape index (κ3) is 4.17. The molecular formula is C22H22N2O3S. The molecule has 0 saturated carbocycles. The van der Waals surface area contributed by atoms with E-state index in [1.165, 1.54) is 11.8 Å². The molecule has 144 valence electrons. The molecule has 0 atom stereocenters.